The summed E-state index contributed by atoms with van der Waals surface area (Å²) >= 11 is 0. The first kappa shape index (κ1) is 28.9. The van der Waals surface area contributed by atoms with Gasteiger partial charge in [-0.2, -0.15) is 0 Å². The lowest BCUT2D eigenvalue weighted by Crippen LogP contribution is -2.33. The second kappa shape index (κ2) is 12.6. The van der Waals surface area contributed by atoms with Gasteiger partial charge in [-0.25, -0.2) is 0 Å². The van der Waals surface area contributed by atoms with Crippen LogP contribution in [0.25, 0.3) is 0 Å². The van der Waals surface area contributed by atoms with Crippen LogP contribution >= 0.6 is 0 Å². The van der Waals surface area contributed by atoms with E-state index in [2.05, 4.69) is 50.5 Å². The van der Waals surface area contributed by atoms with Crippen molar-refractivity contribution in [2.45, 2.75) is 91.2 Å². The largest absolute Gasteiger partial charge is 0.493 e. The molecule has 6 nitrogen and oxygen atoms in total. The molecule has 1 aromatic heterocycles. The first-order valence-electron chi connectivity index (χ1n) is 13.2. The molecule has 0 spiro atoms. The van der Waals surface area contributed by atoms with Crippen LogP contribution in [0.3, 0.4) is 0 Å². The smallest absolute Gasteiger partial charge is 0.270 e. The maximum absolute atomic E-state index is 13.0. The van der Waals surface area contributed by atoms with Crippen LogP contribution in [-0.4, -0.2) is 58.0 Å². The molecular formula is C29H46N2O4. The predicted octanol–water partition coefficient (Wildman–Crippen LogP) is 5.31. The molecule has 0 saturated carbocycles. The van der Waals surface area contributed by atoms with E-state index < -0.39 is 5.60 Å². The van der Waals surface area contributed by atoms with Gasteiger partial charge in [-0.3, -0.25) is 4.79 Å². The van der Waals surface area contributed by atoms with Gasteiger partial charge in [-0.05, 0) is 68.9 Å². The molecule has 0 bridgehead atoms. The van der Waals surface area contributed by atoms with E-state index in [1.165, 1.54) is 5.56 Å². The molecule has 0 atom stereocenters. The standard InChI is InChI=1S/C29H46N2O4/c1-8-28(34,9-2)17-20-35-25-15-13-23(21-22(25)6)29(10-3,11-4)26-16-14-24(31(26)12-5)27(33)30(7)18-19-32/h13-16,21,32,34H,8-12,17-20H2,1-7H3. The van der Waals surface area contributed by atoms with E-state index in [-0.39, 0.29) is 17.9 Å². The number of aliphatic hydroxyl groups excluding tert-OH is 1. The van der Waals surface area contributed by atoms with Crippen molar-refractivity contribution in [1.82, 2.24) is 9.47 Å². The van der Waals surface area contributed by atoms with Crippen LogP contribution in [0.15, 0.2) is 30.3 Å². The van der Waals surface area contributed by atoms with Crippen LogP contribution < -0.4 is 4.74 Å². The minimum Gasteiger partial charge on any atom is -0.493 e. The van der Waals surface area contributed by atoms with Gasteiger partial charge in [0.05, 0.1) is 18.8 Å². The Balaban J connectivity index is 2.40. The second-order valence-corrected chi connectivity index (χ2v) is 9.60. The maximum atomic E-state index is 13.0. The number of likely N-dealkylation sites (N-methyl/N-ethyl adjacent to an activating group) is 1. The zero-order valence-electron chi connectivity index (χ0n) is 22.9. The van der Waals surface area contributed by atoms with Gasteiger partial charge in [0.2, 0.25) is 0 Å². The van der Waals surface area contributed by atoms with E-state index in [4.69, 9.17) is 4.74 Å². The summed E-state index contributed by atoms with van der Waals surface area (Å²) in [7, 11) is 1.72. The van der Waals surface area contributed by atoms with Gasteiger partial charge >= 0.3 is 0 Å². The highest BCUT2D eigenvalue weighted by Gasteiger charge is 2.35. The molecule has 0 unspecified atom stereocenters. The highest BCUT2D eigenvalue weighted by atomic mass is 16.5. The first-order chi connectivity index (χ1) is 16.7. The highest BCUT2D eigenvalue weighted by Crippen LogP contribution is 2.41. The highest BCUT2D eigenvalue weighted by molar-refractivity contribution is 5.93. The van der Waals surface area contributed by atoms with E-state index in [1.807, 2.05) is 26.0 Å². The number of carbonyl (C=O) groups excluding carboxylic acids is 1. The van der Waals surface area contributed by atoms with Gasteiger partial charge in [0.1, 0.15) is 11.4 Å². The first-order valence-corrected chi connectivity index (χ1v) is 13.2. The number of hydrogen-bond acceptors (Lipinski definition) is 4. The van der Waals surface area contributed by atoms with Gasteiger partial charge in [0, 0.05) is 37.7 Å². The zero-order valence-corrected chi connectivity index (χ0v) is 22.9. The lowest BCUT2D eigenvalue weighted by atomic mass is 9.72. The molecule has 0 saturated heterocycles. The molecule has 2 N–H and O–H groups in total. The molecule has 0 aliphatic heterocycles. The number of ether oxygens (including phenoxy) is 1. The van der Waals surface area contributed by atoms with Gasteiger partial charge < -0.3 is 24.4 Å². The molecule has 0 aliphatic rings. The topological polar surface area (TPSA) is 74.9 Å². The van der Waals surface area contributed by atoms with Crippen molar-refractivity contribution >= 4 is 5.91 Å². The number of nitrogens with zero attached hydrogens (tertiary/aromatic N) is 2. The number of aliphatic hydroxyl groups is 2. The Morgan fingerprint density at radius 2 is 1.69 bits per heavy atom. The molecule has 0 aliphatic carbocycles. The van der Waals surface area contributed by atoms with Crippen molar-refractivity contribution < 1.29 is 19.7 Å². The van der Waals surface area contributed by atoms with Gasteiger partial charge in [-0.15, -0.1) is 0 Å². The van der Waals surface area contributed by atoms with Crippen LogP contribution in [0.1, 0.15) is 94.0 Å². The Kier molecular flexibility index (Phi) is 10.4. The van der Waals surface area contributed by atoms with E-state index in [9.17, 15) is 15.0 Å². The Hall–Kier alpha value is -2.31. The molecule has 0 fully saturated rings. The fraction of sp³-hybridized carbons (Fsp3) is 0.621. The third kappa shape index (κ3) is 6.10. The van der Waals surface area contributed by atoms with Crippen molar-refractivity contribution in [2.24, 2.45) is 0 Å². The monoisotopic (exact) mass is 486 g/mol. The van der Waals surface area contributed by atoms with Crippen LogP contribution in [0.2, 0.25) is 0 Å². The lowest BCUT2D eigenvalue weighted by Gasteiger charge is -2.35. The Morgan fingerprint density at radius 3 is 2.20 bits per heavy atom. The molecule has 1 aromatic carbocycles. The van der Waals surface area contributed by atoms with Crippen molar-refractivity contribution in [2.75, 3.05) is 26.8 Å². The molecule has 1 amide bonds. The molecule has 0 radical (unpaired) electrons. The molecule has 35 heavy (non-hydrogen) atoms. The maximum Gasteiger partial charge on any atom is 0.270 e. The summed E-state index contributed by atoms with van der Waals surface area (Å²) < 4.78 is 8.20. The summed E-state index contributed by atoms with van der Waals surface area (Å²) in [4.78, 5) is 14.6. The van der Waals surface area contributed by atoms with Gasteiger partial charge in [-0.1, -0.05) is 39.8 Å². The number of aromatic nitrogens is 1. The summed E-state index contributed by atoms with van der Waals surface area (Å²) in [5.41, 5.74) is 3.16. The number of amides is 1. The number of rotatable bonds is 14. The fourth-order valence-electron chi connectivity index (χ4n) is 5.09. The van der Waals surface area contributed by atoms with Gasteiger partial charge in [0.15, 0.2) is 0 Å². The SMILES string of the molecule is CCn1c(C(=O)N(C)CCO)ccc1C(CC)(CC)c1ccc(OCCC(O)(CC)CC)c(C)c1. The summed E-state index contributed by atoms with van der Waals surface area (Å²) in [6.45, 7) is 14.0. The second-order valence-electron chi connectivity index (χ2n) is 9.60. The van der Waals surface area contributed by atoms with Gasteiger partial charge in [0.25, 0.3) is 5.91 Å². The Bertz CT molecular complexity index is 958. The zero-order chi connectivity index (χ0) is 26.2. The van der Waals surface area contributed by atoms with E-state index in [1.54, 1.807) is 11.9 Å². The quantitative estimate of drug-likeness (QED) is 0.380. The number of carbonyl (C=O) groups is 1. The molecule has 2 aromatic rings. The lowest BCUT2D eigenvalue weighted by molar-refractivity contribution is 0.0116. The predicted molar refractivity (Wildman–Crippen MR) is 142 cm³/mol. The summed E-state index contributed by atoms with van der Waals surface area (Å²) in [6, 6.07) is 10.4. The number of aryl methyl sites for hydroxylation is 1. The van der Waals surface area contributed by atoms with E-state index >= 15 is 0 Å². The normalized spacial score (nSPS) is 12.1. The molecule has 2 rings (SSSR count). The molecule has 6 heteroatoms. The average molecular weight is 487 g/mol. The van der Waals surface area contributed by atoms with Crippen molar-refractivity contribution in [3.63, 3.8) is 0 Å². The van der Waals surface area contributed by atoms with Crippen molar-refractivity contribution in [3.8, 4) is 5.75 Å². The summed E-state index contributed by atoms with van der Waals surface area (Å²) in [5.74, 6) is 0.768. The Morgan fingerprint density at radius 1 is 1.03 bits per heavy atom. The molecular weight excluding hydrogens is 440 g/mol. The van der Waals surface area contributed by atoms with E-state index in [0.717, 1.165) is 42.7 Å². The molecule has 196 valence electrons. The third-order valence-corrected chi connectivity index (χ3v) is 7.86. The fourth-order valence-corrected chi connectivity index (χ4v) is 5.09. The van der Waals surface area contributed by atoms with Crippen LogP contribution in [-0.2, 0) is 12.0 Å². The minimum atomic E-state index is -0.667. The van der Waals surface area contributed by atoms with Crippen LogP contribution in [0, 0.1) is 6.92 Å². The number of benzene rings is 1. The van der Waals surface area contributed by atoms with Crippen molar-refractivity contribution in [1.29, 1.82) is 0 Å². The molecule has 1 heterocycles. The number of hydrogen-bond donors (Lipinski definition) is 2. The van der Waals surface area contributed by atoms with Crippen molar-refractivity contribution in [3.05, 3.63) is 52.8 Å². The third-order valence-electron chi connectivity index (χ3n) is 7.86. The van der Waals surface area contributed by atoms with Crippen LogP contribution in [0.5, 0.6) is 5.75 Å². The summed E-state index contributed by atoms with van der Waals surface area (Å²) in [6.07, 6.45) is 3.84. The van der Waals surface area contributed by atoms with Crippen LogP contribution in [0.4, 0.5) is 0 Å². The minimum absolute atomic E-state index is 0.0559. The average Bonchev–Trinajstić information content (AvgIpc) is 3.30. The Labute approximate surface area is 211 Å². The summed E-state index contributed by atoms with van der Waals surface area (Å²) in [5, 5.41) is 19.8. The van der Waals surface area contributed by atoms with E-state index in [0.29, 0.717) is 31.8 Å².